The minimum Gasteiger partial charge on any atom is -0.463 e. The highest BCUT2D eigenvalue weighted by molar-refractivity contribution is 7.47. The number of aliphatic hydroxyl groups excluding tert-OH is 1. The van der Waals surface area contributed by atoms with Crippen molar-refractivity contribution >= 4 is 19.7 Å². The van der Waals surface area contributed by atoms with E-state index in [1.165, 1.54) is 167 Å². The Morgan fingerprint density at radius 1 is 0.517 bits per heavy atom. The van der Waals surface area contributed by atoms with Crippen molar-refractivity contribution in [2.45, 2.75) is 258 Å². The topological polar surface area (TPSA) is 131 Å². The van der Waals surface area contributed by atoms with E-state index in [0.29, 0.717) is 6.42 Å². The molecule has 0 saturated heterocycles. The van der Waals surface area contributed by atoms with Crippen LogP contribution in [0.25, 0.3) is 0 Å². The molecule has 0 aromatic carbocycles. The second-order valence-corrected chi connectivity index (χ2v) is 18.2. The molecule has 0 rings (SSSR count). The second kappa shape index (κ2) is 45.3. The van der Waals surface area contributed by atoms with Crippen LogP contribution in [0, 0.1) is 0 Å². The summed E-state index contributed by atoms with van der Waals surface area (Å²) >= 11 is 0. The van der Waals surface area contributed by atoms with Crippen LogP contribution >= 0.6 is 7.82 Å². The number of carbonyl (C=O) groups excluding carboxylic acids is 2. The van der Waals surface area contributed by atoms with E-state index < -0.39 is 26.5 Å². The normalized spacial score (nSPS) is 13.2. The molecule has 3 N–H and O–H groups in total. The average molecular weight is 844 g/mol. The first-order chi connectivity index (χ1) is 28.3. The van der Waals surface area contributed by atoms with E-state index in [1.807, 2.05) is 0 Å². The molecule has 0 aliphatic carbocycles. The molecule has 2 unspecified atom stereocenters. The van der Waals surface area contributed by atoms with Crippen molar-refractivity contribution in [1.29, 1.82) is 0 Å². The van der Waals surface area contributed by atoms with Crippen molar-refractivity contribution in [2.75, 3.05) is 26.4 Å². The lowest BCUT2D eigenvalue weighted by atomic mass is 10.0. The van der Waals surface area contributed by atoms with Crippen LogP contribution < -0.4 is 5.32 Å². The standard InChI is InChI=1S/C48H94NO8P/c1-3-5-7-9-11-13-15-17-19-20-21-22-23-24-25-26-27-28-30-32-34-36-38-40-47(51)49-42-43-56-58(53,54)57-45-46(50)44-55-48(52)41-39-37-35-33-31-29-18-16-14-12-10-8-6-4-2/h16,18,46,50H,3-15,17,19-45H2,1-2H3,(H,49,51)(H,53,54)/b18-16-. The number of hydrogen-bond donors (Lipinski definition) is 3. The molecule has 2 atom stereocenters. The Morgan fingerprint density at radius 2 is 0.879 bits per heavy atom. The molecule has 0 heterocycles. The van der Waals surface area contributed by atoms with Gasteiger partial charge in [0.15, 0.2) is 0 Å². The molecule has 0 fully saturated rings. The molecule has 0 bridgehead atoms. The van der Waals surface area contributed by atoms with Gasteiger partial charge in [0.1, 0.15) is 12.7 Å². The number of carbonyl (C=O) groups is 2. The summed E-state index contributed by atoms with van der Waals surface area (Å²) in [6.45, 7) is 3.58. The average Bonchev–Trinajstić information content (AvgIpc) is 3.21. The number of phosphoric ester groups is 1. The van der Waals surface area contributed by atoms with Crippen LogP contribution in [0.5, 0.6) is 0 Å². The van der Waals surface area contributed by atoms with Gasteiger partial charge in [0.2, 0.25) is 5.91 Å². The highest BCUT2D eigenvalue weighted by Gasteiger charge is 2.23. The van der Waals surface area contributed by atoms with Gasteiger partial charge >= 0.3 is 13.8 Å². The molecule has 58 heavy (non-hydrogen) atoms. The number of aliphatic hydroxyl groups is 1. The van der Waals surface area contributed by atoms with Gasteiger partial charge in [-0.25, -0.2) is 4.57 Å². The van der Waals surface area contributed by atoms with Gasteiger partial charge in [-0.3, -0.25) is 18.6 Å². The van der Waals surface area contributed by atoms with Gasteiger partial charge in [0.05, 0.1) is 13.2 Å². The summed E-state index contributed by atoms with van der Waals surface area (Å²) in [6.07, 6.45) is 48.7. The van der Waals surface area contributed by atoms with E-state index in [-0.39, 0.29) is 32.1 Å². The fraction of sp³-hybridized carbons (Fsp3) is 0.917. The summed E-state index contributed by atoms with van der Waals surface area (Å²) in [5.41, 5.74) is 0. The predicted octanol–water partition coefficient (Wildman–Crippen LogP) is 14.2. The van der Waals surface area contributed by atoms with Crippen molar-refractivity contribution in [1.82, 2.24) is 5.32 Å². The van der Waals surface area contributed by atoms with Gasteiger partial charge < -0.3 is 20.1 Å². The Kier molecular flexibility index (Phi) is 44.3. The van der Waals surface area contributed by atoms with Gasteiger partial charge in [0.25, 0.3) is 0 Å². The third-order valence-electron chi connectivity index (χ3n) is 10.9. The number of rotatable bonds is 47. The number of esters is 1. The Bertz CT molecular complexity index is 964. The van der Waals surface area contributed by atoms with Crippen LogP contribution in [0.1, 0.15) is 251 Å². The number of hydrogen-bond acceptors (Lipinski definition) is 7. The van der Waals surface area contributed by atoms with Crippen molar-refractivity contribution < 1.29 is 37.9 Å². The maximum Gasteiger partial charge on any atom is 0.472 e. The van der Waals surface area contributed by atoms with Crippen LogP contribution in [-0.4, -0.2) is 54.3 Å². The van der Waals surface area contributed by atoms with E-state index >= 15 is 0 Å². The van der Waals surface area contributed by atoms with Crippen LogP contribution in [0.15, 0.2) is 12.2 Å². The number of allylic oxidation sites excluding steroid dienone is 2. The number of ether oxygens (including phenoxy) is 1. The smallest absolute Gasteiger partial charge is 0.463 e. The van der Waals surface area contributed by atoms with Gasteiger partial charge in [-0.15, -0.1) is 0 Å². The lowest BCUT2D eigenvalue weighted by Gasteiger charge is -2.15. The summed E-state index contributed by atoms with van der Waals surface area (Å²) in [6, 6.07) is 0. The zero-order chi connectivity index (χ0) is 42.5. The van der Waals surface area contributed by atoms with E-state index in [9.17, 15) is 24.2 Å². The number of phosphoric acid groups is 1. The van der Waals surface area contributed by atoms with Gasteiger partial charge in [-0.1, -0.05) is 212 Å². The molecule has 9 nitrogen and oxygen atoms in total. The van der Waals surface area contributed by atoms with Gasteiger partial charge in [0, 0.05) is 19.4 Å². The molecule has 1 amide bonds. The Hall–Kier alpha value is -1.25. The highest BCUT2D eigenvalue weighted by atomic mass is 31.2. The first kappa shape index (κ1) is 56.8. The monoisotopic (exact) mass is 844 g/mol. The first-order valence-electron chi connectivity index (χ1n) is 24.7. The van der Waals surface area contributed by atoms with E-state index in [0.717, 1.165) is 57.8 Å². The molecular weight excluding hydrogens is 750 g/mol. The van der Waals surface area contributed by atoms with E-state index in [1.54, 1.807) is 0 Å². The maximum atomic E-state index is 12.1. The Balaban J connectivity index is 3.51. The summed E-state index contributed by atoms with van der Waals surface area (Å²) in [5, 5.41) is 12.7. The highest BCUT2D eigenvalue weighted by Crippen LogP contribution is 2.42. The summed E-state index contributed by atoms with van der Waals surface area (Å²) < 4.78 is 26.9. The largest absolute Gasteiger partial charge is 0.472 e. The minimum absolute atomic E-state index is 0.0859. The fourth-order valence-electron chi connectivity index (χ4n) is 7.20. The SMILES string of the molecule is CCCCCCC/C=C\CCCCCCCC(=O)OCC(O)COP(=O)(O)OCCNC(=O)CCCCCCCCCCCCCCCCCCCCCCCCC. The van der Waals surface area contributed by atoms with Crippen LogP contribution in [0.3, 0.4) is 0 Å². The van der Waals surface area contributed by atoms with Gasteiger partial charge in [-0.2, -0.15) is 0 Å². The van der Waals surface area contributed by atoms with E-state index in [4.69, 9.17) is 13.8 Å². The van der Waals surface area contributed by atoms with Crippen LogP contribution in [0.2, 0.25) is 0 Å². The second-order valence-electron chi connectivity index (χ2n) is 16.8. The van der Waals surface area contributed by atoms with Gasteiger partial charge in [-0.05, 0) is 38.5 Å². The van der Waals surface area contributed by atoms with Crippen molar-refractivity contribution in [3.8, 4) is 0 Å². The lowest BCUT2D eigenvalue weighted by molar-refractivity contribution is -0.147. The van der Waals surface area contributed by atoms with Crippen LogP contribution in [0.4, 0.5) is 0 Å². The molecule has 0 aliphatic rings. The zero-order valence-electron chi connectivity index (χ0n) is 38.0. The first-order valence-corrected chi connectivity index (χ1v) is 26.2. The summed E-state index contributed by atoms with van der Waals surface area (Å²) in [4.78, 5) is 34.0. The molecule has 0 aromatic heterocycles. The molecule has 0 aromatic rings. The Morgan fingerprint density at radius 3 is 1.29 bits per heavy atom. The summed E-state index contributed by atoms with van der Waals surface area (Å²) in [7, 11) is -4.42. The third kappa shape index (κ3) is 45.8. The molecule has 0 saturated carbocycles. The predicted molar refractivity (Wildman–Crippen MR) is 243 cm³/mol. The number of amides is 1. The molecular formula is C48H94NO8P. The summed E-state index contributed by atoms with van der Waals surface area (Å²) in [5.74, 6) is -0.513. The molecule has 0 radical (unpaired) electrons. The molecule has 0 spiro atoms. The number of unbranched alkanes of at least 4 members (excludes halogenated alkanes) is 32. The van der Waals surface area contributed by atoms with Crippen molar-refractivity contribution in [3.63, 3.8) is 0 Å². The Labute approximate surface area is 358 Å². The van der Waals surface area contributed by atoms with E-state index in [2.05, 4.69) is 31.3 Å². The minimum atomic E-state index is -4.42. The van der Waals surface area contributed by atoms with Crippen molar-refractivity contribution in [3.05, 3.63) is 12.2 Å². The third-order valence-corrected chi connectivity index (χ3v) is 11.9. The van der Waals surface area contributed by atoms with Crippen molar-refractivity contribution in [2.24, 2.45) is 0 Å². The number of nitrogens with one attached hydrogen (secondary N) is 1. The molecule has 0 aliphatic heterocycles. The zero-order valence-corrected chi connectivity index (χ0v) is 38.9. The lowest BCUT2D eigenvalue weighted by Crippen LogP contribution is -2.27. The molecule has 344 valence electrons. The maximum absolute atomic E-state index is 12.1. The quantitative estimate of drug-likeness (QED) is 0.0239. The fourth-order valence-corrected chi connectivity index (χ4v) is 7.96. The van der Waals surface area contributed by atoms with Crippen LogP contribution in [-0.2, 0) is 27.9 Å². The molecule has 10 heteroatoms.